The van der Waals surface area contributed by atoms with Crippen molar-refractivity contribution >= 4 is 5.91 Å². The number of nitrogens with one attached hydrogen (secondary N) is 1. The molecule has 0 spiro atoms. The van der Waals surface area contributed by atoms with Crippen LogP contribution in [0.5, 0.6) is 0 Å². The lowest BCUT2D eigenvalue weighted by Gasteiger charge is -2.04. The molecular weight excluding hydrogens is 287 g/mol. The van der Waals surface area contributed by atoms with Gasteiger partial charge in [0.05, 0.1) is 12.2 Å². The lowest BCUT2D eigenvalue weighted by atomic mass is 10.3. The SMILES string of the molecule is CCn1ccc(CNC(=O)c2cc(C(F)(F)F)n(C)n2)n1. The molecule has 0 fully saturated rings. The molecule has 9 heteroatoms. The molecule has 21 heavy (non-hydrogen) atoms. The quantitative estimate of drug-likeness (QED) is 0.932. The summed E-state index contributed by atoms with van der Waals surface area (Å²) in [5.74, 6) is -0.674. The van der Waals surface area contributed by atoms with Crippen LogP contribution >= 0.6 is 0 Å². The number of alkyl halides is 3. The second-order valence-corrected chi connectivity index (χ2v) is 4.38. The molecule has 0 saturated heterocycles. The molecular formula is C12H14F3N5O. The average molecular weight is 301 g/mol. The number of carbonyl (C=O) groups is 1. The first-order valence-electron chi connectivity index (χ1n) is 6.23. The van der Waals surface area contributed by atoms with Crippen LogP contribution in [-0.4, -0.2) is 25.5 Å². The Morgan fingerprint density at radius 3 is 2.62 bits per heavy atom. The van der Waals surface area contributed by atoms with Crippen molar-refractivity contribution in [2.45, 2.75) is 26.2 Å². The van der Waals surface area contributed by atoms with Crippen molar-refractivity contribution in [1.29, 1.82) is 0 Å². The van der Waals surface area contributed by atoms with Crippen LogP contribution < -0.4 is 5.32 Å². The third kappa shape index (κ3) is 3.41. The van der Waals surface area contributed by atoms with Gasteiger partial charge in [0.2, 0.25) is 0 Å². The number of amides is 1. The summed E-state index contributed by atoms with van der Waals surface area (Å²) < 4.78 is 40.2. The third-order valence-corrected chi connectivity index (χ3v) is 2.85. The monoisotopic (exact) mass is 301 g/mol. The molecule has 114 valence electrons. The van der Waals surface area contributed by atoms with Gasteiger partial charge in [-0.3, -0.25) is 14.2 Å². The normalized spacial score (nSPS) is 11.7. The Hall–Kier alpha value is -2.32. The summed E-state index contributed by atoms with van der Waals surface area (Å²) in [6.07, 6.45) is -2.79. The fourth-order valence-electron chi connectivity index (χ4n) is 1.78. The zero-order valence-corrected chi connectivity index (χ0v) is 11.5. The first-order valence-corrected chi connectivity index (χ1v) is 6.23. The number of carbonyl (C=O) groups excluding carboxylic acids is 1. The number of aromatic nitrogens is 4. The number of hydrogen-bond acceptors (Lipinski definition) is 3. The summed E-state index contributed by atoms with van der Waals surface area (Å²) >= 11 is 0. The van der Waals surface area contributed by atoms with Crippen LogP contribution in [0, 0.1) is 0 Å². The first kappa shape index (κ1) is 15.1. The Morgan fingerprint density at radius 2 is 2.10 bits per heavy atom. The average Bonchev–Trinajstić information content (AvgIpc) is 3.01. The highest BCUT2D eigenvalue weighted by atomic mass is 19.4. The minimum absolute atomic E-state index is 0.129. The van der Waals surface area contributed by atoms with Gasteiger partial charge in [-0.15, -0.1) is 0 Å². The molecule has 2 rings (SSSR count). The van der Waals surface area contributed by atoms with Gasteiger partial charge in [0.1, 0.15) is 5.69 Å². The van der Waals surface area contributed by atoms with E-state index in [9.17, 15) is 18.0 Å². The molecule has 0 aliphatic rings. The number of rotatable bonds is 4. The second kappa shape index (κ2) is 5.58. The van der Waals surface area contributed by atoms with Gasteiger partial charge < -0.3 is 5.32 Å². The van der Waals surface area contributed by atoms with Crippen molar-refractivity contribution in [3.05, 3.63) is 35.4 Å². The van der Waals surface area contributed by atoms with Gasteiger partial charge in [0, 0.05) is 25.9 Å². The highest BCUT2D eigenvalue weighted by Gasteiger charge is 2.35. The van der Waals surface area contributed by atoms with E-state index in [1.54, 1.807) is 16.9 Å². The summed E-state index contributed by atoms with van der Waals surface area (Å²) in [6.45, 7) is 2.74. The van der Waals surface area contributed by atoms with Crippen molar-refractivity contribution in [3.8, 4) is 0 Å². The van der Waals surface area contributed by atoms with E-state index in [-0.39, 0.29) is 12.2 Å². The molecule has 1 amide bonds. The third-order valence-electron chi connectivity index (χ3n) is 2.85. The topological polar surface area (TPSA) is 64.7 Å². The van der Waals surface area contributed by atoms with Crippen LogP contribution in [0.1, 0.15) is 28.8 Å². The highest BCUT2D eigenvalue weighted by molar-refractivity contribution is 5.92. The van der Waals surface area contributed by atoms with Gasteiger partial charge in [-0.1, -0.05) is 0 Å². The van der Waals surface area contributed by atoms with E-state index in [4.69, 9.17) is 0 Å². The molecule has 6 nitrogen and oxygen atoms in total. The number of aryl methyl sites for hydroxylation is 2. The minimum atomic E-state index is -4.54. The van der Waals surface area contributed by atoms with Gasteiger partial charge in [-0.2, -0.15) is 23.4 Å². The van der Waals surface area contributed by atoms with Crippen molar-refractivity contribution < 1.29 is 18.0 Å². The molecule has 2 heterocycles. The Bertz CT molecular complexity index is 644. The van der Waals surface area contributed by atoms with Gasteiger partial charge in [0.25, 0.3) is 5.91 Å². The largest absolute Gasteiger partial charge is 0.433 e. The Kier molecular flexibility index (Phi) is 4.01. The predicted octanol–water partition coefficient (Wildman–Crippen LogP) is 1.59. The van der Waals surface area contributed by atoms with E-state index >= 15 is 0 Å². The van der Waals surface area contributed by atoms with Crippen molar-refractivity contribution in [3.63, 3.8) is 0 Å². The molecule has 0 saturated carbocycles. The number of nitrogens with zero attached hydrogens (tertiary/aromatic N) is 4. The fourth-order valence-corrected chi connectivity index (χ4v) is 1.78. The lowest BCUT2D eigenvalue weighted by Crippen LogP contribution is -2.23. The molecule has 0 aliphatic carbocycles. The van der Waals surface area contributed by atoms with Crippen LogP contribution in [0.2, 0.25) is 0 Å². The van der Waals surface area contributed by atoms with E-state index in [0.29, 0.717) is 16.9 Å². The number of hydrogen-bond donors (Lipinski definition) is 1. The van der Waals surface area contributed by atoms with Gasteiger partial charge in [-0.25, -0.2) is 0 Å². The first-order chi connectivity index (χ1) is 9.81. The summed E-state index contributed by atoms with van der Waals surface area (Å²) in [5.41, 5.74) is -0.625. The summed E-state index contributed by atoms with van der Waals surface area (Å²) in [6, 6.07) is 2.45. The summed E-state index contributed by atoms with van der Waals surface area (Å²) in [5, 5.41) is 10.2. The van der Waals surface area contributed by atoms with Gasteiger partial charge in [0.15, 0.2) is 5.69 Å². The van der Waals surface area contributed by atoms with Crippen LogP contribution in [0.15, 0.2) is 18.3 Å². The van der Waals surface area contributed by atoms with Crippen LogP contribution in [0.25, 0.3) is 0 Å². The zero-order valence-electron chi connectivity index (χ0n) is 11.5. The molecule has 2 aromatic rings. The summed E-state index contributed by atoms with van der Waals surface area (Å²) in [4.78, 5) is 11.8. The molecule has 0 unspecified atom stereocenters. The van der Waals surface area contributed by atoms with E-state index in [1.165, 1.54) is 0 Å². The zero-order chi connectivity index (χ0) is 15.6. The van der Waals surface area contributed by atoms with Crippen molar-refractivity contribution in [2.75, 3.05) is 0 Å². The van der Waals surface area contributed by atoms with E-state index in [0.717, 1.165) is 13.1 Å². The van der Waals surface area contributed by atoms with Crippen LogP contribution in [0.3, 0.4) is 0 Å². The summed E-state index contributed by atoms with van der Waals surface area (Å²) in [7, 11) is 1.14. The number of halogens is 3. The van der Waals surface area contributed by atoms with Gasteiger partial charge >= 0.3 is 6.18 Å². The second-order valence-electron chi connectivity index (χ2n) is 4.38. The van der Waals surface area contributed by atoms with E-state index in [2.05, 4.69) is 15.5 Å². The van der Waals surface area contributed by atoms with E-state index in [1.807, 2.05) is 6.92 Å². The van der Waals surface area contributed by atoms with Crippen molar-refractivity contribution in [1.82, 2.24) is 24.9 Å². The molecule has 0 bridgehead atoms. The highest BCUT2D eigenvalue weighted by Crippen LogP contribution is 2.29. The van der Waals surface area contributed by atoms with Crippen molar-refractivity contribution in [2.24, 2.45) is 7.05 Å². The maximum absolute atomic E-state index is 12.6. The standard InChI is InChI=1S/C12H14F3N5O/c1-3-20-5-4-8(17-20)7-16-11(21)9-6-10(12(13,14)15)19(2)18-9/h4-6H,3,7H2,1-2H3,(H,16,21). The Labute approximate surface area is 118 Å². The molecule has 0 aliphatic heterocycles. The Morgan fingerprint density at radius 1 is 1.38 bits per heavy atom. The molecule has 0 atom stereocenters. The Balaban J connectivity index is 2.04. The van der Waals surface area contributed by atoms with Gasteiger partial charge in [-0.05, 0) is 13.0 Å². The molecule has 1 N–H and O–H groups in total. The van der Waals surface area contributed by atoms with Crippen LogP contribution in [0.4, 0.5) is 13.2 Å². The molecule has 2 aromatic heterocycles. The minimum Gasteiger partial charge on any atom is -0.345 e. The van der Waals surface area contributed by atoms with Crippen LogP contribution in [-0.2, 0) is 26.3 Å². The lowest BCUT2D eigenvalue weighted by molar-refractivity contribution is -0.143. The fraction of sp³-hybridized carbons (Fsp3) is 0.417. The van der Waals surface area contributed by atoms with E-state index < -0.39 is 17.8 Å². The predicted molar refractivity (Wildman–Crippen MR) is 67.3 cm³/mol. The maximum Gasteiger partial charge on any atom is 0.433 e. The smallest absolute Gasteiger partial charge is 0.345 e. The maximum atomic E-state index is 12.6. The molecule has 0 aromatic carbocycles. The molecule has 0 radical (unpaired) electrons.